The summed E-state index contributed by atoms with van der Waals surface area (Å²) in [6.45, 7) is 1.07. The van der Waals surface area contributed by atoms with Crippen molar-refractivity contribution in [2.45, 2.75) is 50.1 Å². The molecule has 2 N–H and O–H groups in total. The zero-order chi connectivity index (χ0) is 18.9. The van der Waals surface area contributed by atoms with Crippen molar-refractivity contribution in [3.8, 4) is 0 Å². The fourth-order valence-corrected chi connectivity index (χ4v) is 6.01. The van der Waals surface area contributed by atoms with Gasteiger partial charge in [-0.1, -0.05) is 24.3 Å². The van der Waals surface area contributed by atoms with E-state index in [0.717, 1.165) is 18.7 Å². The Morgan fingerprint density at radius 1 is 1.04 bits per heavy atom. The Balaban J connectivity index is 1.41. The van der Waals surface area contributed by atoms with Crippen molar-refractivity contribution in [1.29, 1.82) is 0 Å². The van der Waals surface area contributed by atoms with E-state index in [0.29, 0.717) is 12.0 Å². The van der Waals surface area contributed by atoms with Crippen LogP contribution in [0.5, 0.6) is 0 Å². The second-order valence-electron chi connectivity index (χ2n) is 7.97. The Bertz CT molecular complexity index is 931. The summed E-state index contributed by atoms with van der Waals surface area (Å²) in [5, 5.41) is 0. The van der Waals surface area contributed by atoms with Crippen molar-refractivity contribution < 1.29 is 0 Å². The van der Waals surface area contributed by atoms with Crippen molar-refractivity contribution in [1.82, 2.24) is 14.9 Å². The summed E-state index contributed by atoms with van der Waals surface area (Å²) in [7, 11) is 0. The summed E-state index contributed by atoms with van der Waals surface area (Å²) in [5.74, 6) is 0.647. The highest BCUT2D eigenvalue weighted by atomic mass is 32.1. The first-order valence-corrected chi connectivity index (χ1v) is 11.1. The second kappa shape index (κ2) is 7.64. The highest BCUT2D eigenvalue weighted by Gasteiger charge is 2.37. The summed E-state index contributed by atoms with van der Waals surface area (Å²) in [6.07, 6.45) is 9.89. The van der Waals surface area contributed by atoms with Gasteiger partial charge in [-0.2, -0.15) is 0 Å². The Labute approximate surface area is 170 Å². The fraction of sp³-hybridized carbons (Fsp3) is 0.391. The lowest BCUT2D eigenvalue weighted by Gasteiger charge is -2.44. The number of anilines is 1. The van der Waals surface area contributed by atoms with Crippen molar-refractivity contribution in [2.75, 3.05) is 12.3 Å². The van der Waals surface area contributed by atoms with Gasteiger partial charge in [0.2, 0.25) is 0 Å². The SMILES string of the molecule is Nc1ccccc1C1c2scnc2CCN1C1CCC(c2cccnc2)CC1. The van der Waals surface area contributed by atoms with E-state index in [1.54, 1.807) is 11.3 Å². The van der Waals surface area contributed by atoms with Crippen LogP contribution in [0.3, 0.4) is 0 Å². The van der Waals surface area contributed by atoms with Crippen LogP contribution in [0, 0.1) is 0 Å². The van der Waals surface area contributed by atoms with Gasteiger partial charge in [0.1, 0.15) is 0 Å². The van der Waals surface area contributed by atoms with Crippen molar-refractivity contribution in [2.24, 2.45) is 0 Å². The minimum Gasteiger partial charge on any atom is -0.398 e. The molecule has 0 saturated heterocycles. The van der Waals surface area contributed by atoms with Crippen molar-refractivity contribution in [3.63, 3.8) is 0 Å². The Kier molecular flexibility index (Phi) is 4.87. The summed E-state index contributed by atoms with van der Waals surface area (Å²) in [5.41, 5.74) is 13.2. The van der Waals surface area contributed by atoms with Crippen molar-refractivity contribution >= 4 is 17.0 Å². The summed E-state index contributed by atoms with van der Waals surface area (Å²) >= 11 is 1.79. The lowest BCUT2D eigenvalue weighted by Crippen LogP contribution is -2.44. The maximum Gasteiger partial charge on any atom is 0.0798 e. The molecule has 1 fully saturated rings. The molecule has 0 spiro atoms. The molecule has 5 rings (SSSR count). The molecule has 1 saturated carbocycles. The smallest absolute Gasteiger partial charge is 0.0798 e. The molecule has 2 aromatic heterocycles. The minimum atomic E-state index is 0.248. The maximum atomic E-state index is 6.42. The van der Waals surface area contributed by atoms with Gasteiger partial charge in [-0.05, 0) is 54.9 Å². The number of nitrogens with zero attached hydrogens (tertiary/aromatic N) is 3. The predicted octanol–water partition coefficient (Wildman–Crippen LogP) is 4.79. The molecule has 144 valence electrons. The van der Waals surface area contributed by atoms with E-state index in [4.69, 9.17) is 5.73 Å². The van der Waals surface area contributed by atoms with Crippen LogP contribution < -0.4 is 5.73 Å². The lowest BCUT2D eigenvalue weighted by atomic mass is 9.80. The number of aromatic nitrogens is 2. The van der Waals surface area contributed by atoms with Crippen LogP contribution in [0.2, 0.25) is 0 Å². The molecule has 2 aliphatic rings. The molecular weight excluding hydrogens is 364 g/mol. The first-order chi connectivity index (χ1) is 13.8. The van der Waals surface area contributed by atoms with Gasteiger partial charge in [0.05, 0.1) is 17.2 Å². The molecule has 1 aromatic carbocycles. The highest BCUT2D eigenvalue weighted by molar-refractivity contribution is 7.09. The minimum absolute atomic E-state index is 0.248. The average Bonchev–Trinajstić information content (AvgIpc) is 3.23. The number of para-hydroxylation sites is 1. The number of hydrogen-bond acceptors (Lipinski definition) is 5. The molecule has 5 heteroatoms. The first kappa shape index (κ1) is 17.8. The summed E-state index contributed by atoms with van der Waals surface area (Å²) in [4.78, 5) is 13.1. The van der Waals surface area contributed by atoms with Crippen LogP contribution in [0.1, 0.15) is 59.3 Å². The normalized spacial score (nSPS) is 25.4. The van der Waals surface area contributed by atoms with E-state index in [1.807, 2.05) is 30.0 Å². The average molecular weight is 391 g/mol. The Morgan fingerprint density at radius 3 is 2.68 bits per heavy atom. The highest BCUT2D eigenvalue weighted by Crippen LogP contribution is 2.44. The van der Waals surface area contributed by atoms with Crippen LogP contribution in [0.15, 0.2) is 54.3 Å². The van der Waals surface area contributed by atoms with Gasteiger partial charge >= 0.3 is 0 Å². The number of hydrogen-bond donors (Lipinski definition) is 1. The van der Waals surface area contributed by atoms with Gasteiger partial charge in [0.25, 0.3) is 0 Å². The third kappa shape index (κ3) is 3.23. The van der Waals surface area contributed by atoms with Crippen molar-refractivity contribution in [3.05, 3.63) is 76.0 Å². The van der Waals surface area contributed by atoms with E-state index in [-0.39, 0.29) is 6.04 Å². The third-order valence-electron chi connectivity index (χ3n) is 6.47. The largest absolute Gasteiger partial charge is 0.398 e. The van der Waals surface area contributed by atoms with Crippen LogP contribution in [-0.4, -0.2) is 27.5 Å². The molecule has 0 radical (unpaired) electrons. The number of nitrogen functional groups attached to an aromatic ring is 1. The van der Waals surface area contributed by atoms with Gasteiger partial charge < -0.3 is 5.73 Å². The number of pyridine rings is 1. The summed E-state index contributed by atoms with van der Waals surface area (Å²) in [6, 6.07) is 13.5. The Hall–Kier alpha value is -2.24. The number of nitrogens with two attached hydrogens (primary N) is 1. The summed E-state index contributed by atoms with van der Waals surface area (Å²) < 4.78 is 0. The van der Waals surface area contributed by atoms with E-state index >= 15 is 0 Å². The zero-order valence-corrected chi connectivity index (χ0v) is 16.8. The van der Waals surface area contributed by atoms with Gasteiger partial charge in [0.15, 0.2) is 0 Å². The monoisotopic (exact) mass is 390 g/mol. The molecule has 3 aromatic rings. The molecule has 1 aliphatic carbocycles. The molecule has 1 unspecified atom stereocenters. The molecule has 0 bridgehead atoms. The van der Waals surface area contributed by atoms with Gasteiger partial charge in [-0.25, -0.2) is 4.98 Å². The van der Waals surface area contributed by atoms with Crippen LogP contribution >= 0.6 is 11.3 Å². The van der Waals surface area contributed by atoms with E-state index in [9.17, 15) is 0 Å². The number of fused-ring (bicyclic) bond motifs is 1. The molecule has 0 amide bonds. The van der Waals surface area contributed by atoms with E-state index in [1.165, 1.54) is 47.4 Å². The molecule has 3 heterocycles. The first-order valence-electron chi connectivity index (χ1n) is 10.2. The molecular formula is C23H26N4S. The van der Waals surface area contributed by atoms with Crippen LogP contribution in [0.4, 0.5) is 5.69 Å². The molecule has 1 aliphatic heterocycles. The van der Waals surface area contributed by atoms with E-state index < -0.39 is 0 Å². The third-order valence-corrected chi connectivity index (χ3v) is 7.40. The molecule has 1 atom stereocenters. The number of rotatable bonds is 3. The maximum absolute atomic E-state index is 6.42. The molecule has 4 nitrogen and oxygen atoms in total. The van der Waals surface area contributed by atoms with Crippen LogP contribution in [0.25, 0.3) is 0 Å². The van der Waals surface area contributed by atoms with Gasteiger partial charge in [0, 0.05) is 42.0 Å². The number of thiazole rings is 1. The molecule has 28 heavy (non-hydrogen) atoms. The zero-order valence-electron chi connectivity index (χ0n) is 16.0. The van der Waals surface area contributed by atoms with Gasteiger partial charge in [-0.15, -0.1) is 11.3 Å². The number of benzene rings is 1. The van der Waals surface area contributed by atoms with Crippen LogP contribution in [-0.2, 0) is 6.42 Å². The fourth-order valence-electron chi connectivity index (χ4n) is 5.03. The predicted molar refractivity (Wildman–Crippen MR) is 114 cm³/mol. The van der Waals surface area contributed by atoms with Gasteiger partial charge in [-0.3, -0.25) is 9.88 Å². The Morgan fingerprint density at radius 2 is 1.89 bits per heavy atom. The quantitative estimate of drug-likeness (QED) is 0.653. The topological polar surface area (TPSA) is 55.0 Å². The standard InChI is InChI=1S/C23H26N4S/c24-20-6-2-1-5-19(20)22-23-21(26-15-28-23)11-13-27(22)18-9-7-16(8-10-18)17-4-3-12-25-14-17/h1-6,12,14-16,18,22H,7-11,13,24H2. The lowest BCUT2D eigenvalue weighted by molar-refractivity contribution is 0.111. The second-order valence-corrected chi connectivity index (χ2v) is 8.86. The van der Waals surface area contributed by atoms with E-state index in [2.05, 4.69) is 39.1 Å².